The van der Waals surface area contributed by atoms with Gasteiger partial charge in [-0.3, -0.25) is 4.79 Å². The minimum absolute atomic E-state index is 0.0411. The summed E-state index contributed by atoms with van der Waals surface area (Å²) >= 11 is 0. The van der Waals surface area contributed by atoms with Crippen molar-refractivity contribution in [1.29, 1.82) is 0 Å². The molecule has 1 aromatic heterocycles. The lowest BCUT2D eigenvalue weighted by Gasteiger charge is -2.21. The van der Waals surface area contributed by atoms with E-state index in [1.807, 2.05) is 32.8 Å². The Labute approximate surface area is 131 Å². The summed E-state index contributed by atoms with van der Waals surface area (Å²) in [7, 11) is 3.81. The van der Waals surface area contributed by atoms with Crippen LogP contribution in [0.3, 0.4) is 0 Å². The maximum atomic E-state index is 12.7. The number of rotatable bonds is 5. The van der Waals surface area contributed by atoms with Crippen molar-refractivity contribution >= 4 is 5.91 Å². The Bertz CT molecular complexity index is 519. The topological polar surface area (TPSA) is 65.9 Å². The molecule has 6 nitrogen and oxygen atoms in total. The molecule has 0 bridgehead atoms. The first-order chi connectivity index (χ1) is 10.4. The fourth-order valence-corrected chi connectivity index (χ4v) is 2.53. The number of hydrogen-bond donors (Lipinski definition) is 1. The molecule has 2 atom stereocenters. The second-order valence-corrected chi connectivity index (χ2v) is 6.37. The van der Waals surface area contributed by atoms with Crippen LogP contribution in [0.25, 0.3) is 0 Å². The molecule has 1 aromatic rings. The van der Waals surface area contributed by atoms with Gasteiger partial charge in [-0.15, -0.1) is 0 Å². The van der Waals surface area contributed by atoms with Crippen LogP contribution in [-0.4, -0.2) is 71.7 Å². The van der Waals surface area contributed by atoms with Crippen LogP contribution in [0.4, 0.5) is 0 Å². The van der Waals surface area contributed by atoms with Crippen molar-refractivity contribution in [2.75, 3.05) is 33.8 Å². The molecule has 0 saturated carbocycles. The Morgan fingerprint density at radius 1 is 1.50 bits per heavy atom. The summed E-state index contributed by atoms with van der Waals surface area (Å²) in [4.78, 5) is 20.5. The molecule has 2 rings (SSSR count). The summed E-state index contributed by atoms with van der Waals surface area (Å²) in [6.07, 6.45) is 1.09. The molecular formula is C16H25N3O3. The number of amides is 1. The number of hydrogen-bond acceptors (Lipinski definition) is 5. The second kappa shape index (κ2) is 7.07. The van der Waals surface area contributed by atoms with Gasteiger partial charge in [0.05, 0.1) is 18.8 Å². The first-order valence-electron chi connectivity index (χ1n) is 7.61. The number of likely N-dealkylation sites (tertiary alicyclic amines) is 1. The maximum absolute atomic E-state index is 12.7. The van der Waals surface area contributed by atoms with Crippen LogP contribution in [0, 0.1) is 5.92 Å². The summed E-state index contributed by atoms with van der Waals surface area (Å²) in [5.74, 6) is 0.580. The number of aliphatic hydroxyl groups is 1. The van der Waals surface area contributed by atoms with Gasteiger partial charge < -0.3 is 19.6 Å². The molecule has 0 spiro atoms. The van der Waals surface area contributed by atoms with Crippen LogP contribution in [0.1, 0.15) is 24.2 Å². The first kappa shape index (κ1) is 16.7. The Kier molecular flexibility index (Phi) is 5.37. The maximum Gasteiger partial charge on any atom is 0.259 e. The Morgan fingerprint density at radius 2 is 2.23 bits per heavy atom. The Hall–Kier alpha value is -1.66. The first-order valence-corrected chi connectivity index (χ1v) is 7.61. The molecule has 1 aliphatic heterocycles. The van der Waals surface area contributed by atoms with Gasteiger partial charge in [0.15, 0.2) is 0 Å². The largest absolute Gasteiger partial charge is 0.477 e. The van der Waals surface area contributed by atoms with E-state index < -0.39 is 6.10 Å². The van der Waals surface area contributed by atoms with Gasteiger partial charge in [-0.25, -0.2) is 4.98 Å². The molecule has 1 fully saturated rings. The van der Waals surface area contributed by atoms with Gasteiger partial charge in [0.25, 0.3) is 5.91 Å². The highest BCUT2D eigenvalue weighted by Gasteiger charge is 2.36. The van der Waals surface area contributed by atoms with E-state index in [1.165, 1.54) is 0 Å². The predicted octanol–water partition coefficient (Wildman–Crippen LogP) is 0.863. The monoisotopic (exact) mass is 307 g/mol. The molecule has 0 unspecified atom stereocenters. The summed E-state index contributed by atoms with van der Waals surface area (Å²) in [5, 5.41) is 10.1. The third-order valence-electron chi connectivity index (χ3n) is 3.76. The molecule has 1 N–H and O–H groups in total. The fourth-order valence-electron chi connectivity index (χ4n) is 2.53. The van der Waals surface area contributed by atoms with Gasteiger partial charge in [0, 0.05) is 19.3 Å². The lowest BCUT2D eigenvalue weighted by atomic mass is 10.2. The lowest BCUT2D eigenvalue weighted by Crippen LogP contribution is -2.38. The van der Waals surface area contributed by atoms with Crippen LogP contribution in [0.2, 0.25) is 0 Å². The van der Waals surface area contributed by atoms with Crippen molar-refractivity contribution < 1.29 is 14.6 Å². The summed E-state index contributed by atoms with van der Waals surface area (Å²) in [6.45, 7) is 5.44. The van der Waals surface area contributed by atoms with Crippen molar-refractivity contribution in [3.05, 3.63) is 23.9 Å². The zero-order chi connectivity index (χ0) is 16.3. The van der Waals surface area contributed by atoms with Gasteiger partial charge in [-0.1, -0.05) is 13.8 Å². The van der Waals surface area contributed by atoms with Gasteiger partial charge in [-0.2, -0.15) is 0 Å². The van der Waals surface area contributed by atoms with E-state index in [0.29, 0.717) is 37.1 Å². The highest BCUT2D eigenvalue weighted by Crippen LogP contribution is 2.22. The molecule has 0 aliphatic carbocycles. The van der Waals surface area contributed by atoms with E-state index in [9.17, 15) is 9.90 Å². The van der Waals surface area contributed by atoms with E-state index in [2.05, 4.69) is 4.98 Å². The number of pyridine rings is 1. The van der Waals surface area contributed by atoms with E-state index in [1.54, 1.807) is 23.2 Å². The van der Waals surface area contributed by atoms with Crippen molar-refractivity contribution in [3.8, 4) is 5.88 Å². The summed E-state index contributed by atoms with van der Waals surface area (Å²) in [5.41, 5.74) is 0.453. The average molecular weight is 307 g/mol. The van der Waals surface area contributed by atoms with Crippen LogP contribution in [-0.2, 0) is 0 Å². The number of likely N-dealkylation sites (N-methyl/N-ethyl adjacent to an activating group) is 1. The molecule has 0 radical (unpaired) electrons. The molecule has 122 valence electrons. The SMILES string of the molecule is CC(C)COc1ncccc1C(=O)N1C[C@H](O)[C@@H](N(C)C)C1. The van der Waals surface area contributed by atoms with Gasteiger partial charge >= 0.3 is 0 Å². The number of carbonyl (C=O) groups is 1. The molecule has 22 heavy (non-hydrogen) atoms. The fraction of sp³-hybridized carbons (Fsp3) is 0.625. The molecule has 1 saturated heterocycles. The molecule has 1 aliphatic rings. The van der Waals surface area contributed by atoms with Crippen LogP contribution in [0.15, 0.2) is 18.3 Å². The minimum Gasteiger partial charge on any atom is -0.477 e. The van der Waals surface area contributed by atoms with E-state index in [4.69, 9.17) is 4.74 Å². The van der Waals surface area contributed by atoms with Gasteiger partial charge in [0.1, 0.15) is 5.56 Å². The third-order valence-corrected chi connectivity index (χ3v) is 3.76. The minimum atomic E-state index is -0.532. The summed E-state index contributed by atoms with van der Waals surface area (Å²) in [6, 6.07) is 3.41. The van der Waals surface area contributed by atoms with E-state index in [0.717, 1.165) is 0 Å². The van der Waals surface area contributed by atoms with Crippen molar-refractivity contribution in [2.45, 2.75) is 26.0 Å². The molecular weight excluding hydrogens is 282 g/mol. The van der Waals surface area contributed by atoms with Gasteiger partial charge in [0.2, 0.25) is 5.88 Å². The number of aliphatic hydroxyl groups excluding tert-OH is 1. The van der Waals surface area contributed by atoms with Crippen LogP contribution in [0.5, 0.6) is 5.88 Å². The zero-order valence-corrected chi connectivity index (χ0v) is 13.7. The van der Waals surface area contributed by atoms with Gasteiger partial charge in [-0.05, 0) is 32.1 Å². The van der Waals surface area contributed by atoms with Crippen molar-refractivity contribution in [2.24, 2.45) is 5.92 Å². The van der Waals surface area contributed by atoms with Crippen LogP contribution < -0.4 is 4.74 Å². The van der Waals surface area contributed by atoms with E-state index in [-0.39, 0.29) is 11.9 Å². The second-order valence-electron chi connectivity index (χ2n) is 6.37. The third kappa shape index (κ3) is 3.75. The highest BCUT2D eigenvalue weighted by atomic mass is 16.5. The number of nitrogens with zero attached hydrogens (tertiary/aromatic N) is 3. The molecule has 0 aromatic carbocycles. The van der Waals surface area contributed by atoms with Crippen LogP contribution >= 0.6 is 0 Å². The lowest BCUT2D eigenvalue weighted by molar-refractivity contribution is 0.0757. The normalized spacial score (nSPS) is 21.7. The predicted molar refractivity (Wildman–Crippen MR) is 84.0 cm³/mol. The zero-order valence-electron chi connectivity index (χ0n) is 13.7. The summed E-state index contributed by atoms with van der Waals surface area (Å²) < 4.78 is 5.65. The Balaban J connectivity index is 2.13. The average Bonchev–Trinajstić information content (AvgIpc) is 2.87. The number of ether oxygens (including phenoxy) is 1. The highest BCUT2D eigenvalue weighted by molar-refractivity contribution is 5.96. The number of aromatic nitrogens is 1. The molecule has 1 amide bonds. The molecule has 6 heteroatoms. The standard InChI is InChI=1S/C16H25N3O3/c1-11(2)10-22-15-12(6-5-7-17-15)16(21)19-8-13(18(3)4)14(20)9-19/h5-7,11,13-14,20H,8-10H2,1-4H3/t13-,14-/m0/s1. The number of β-amino-alcohol motifs (C(OH)–C–C–N with tert-alkyl or cyclic N) is 1. The number of carbonyl (C=O) groups excluding carboxylic acids is 1. The Morgan fingerprint density at radius 3 is 2.82 bits per heavy atom. The van der Waals surface area contributed by atoms with Crippen molar-refractivity contribution in [3.63, 3.8) is 0 Å². The smallest absolute Gasteiger partial charge is 0.259 e. The van der Waals surface area contributed by atoms with Crippen molar-refractivity contribution in [1.82, 2.24) is 14.8 Å². The quantitative estimate of drug-likeness (QED) is 0.874. The van der Waals surface area contributed by atoms with E-state index >= 15 is 0 Å². The molecule has 2 heterocycles.